The summed E-state index contributed by atoms with van der Waals surface area (Å²) in [5.41, 5.74) is -0.663. The summed E-state index contributed by atoms with van der Waals surface area (Å²) in [7, 11) is -4.34. The molecule has 11 heteroatoms. The first kappa shape index (κ1) is 25.3. The number of aliphatic carboxylic acids is 1. The van der Waals surface area contributed by atoms with E-state index in [4.69, 9.17) is 16.7 Å². The van der Waals surface area contributed by atoms with E-state index in [2.05, 4.69) is 10.3 Å². The molecule has 2 aromatic carbocycles. The number of rotatable bonds is 8. The van der Waals surface area contributed by atoms with E-state index in [1.54, 1.807) is 6.92 Å². The van der Waals surface area contributed by atoms with Crippen molar-refractivity contribution in [1.82, 2.24) is 10.3 Å². The van der Waals surface area contributed by atoms with Gasteiger partial charge in [0.25, 0.3) is 5.91 Å². The van der Waals surface area contributed by atoms with Gasteiger partial charge in [-0.3, -0.25) is 9.78 Å². The number of halogens is 3. The second-order valence-corrected chi connectivity index (χ2v) is 9.76. The number of hydrogen-bond donors (Lipinski definition) is 2. The highest BCUT2D eigenvalue weighted by Gasteiger charge is 2.34. The van der Waals surface area contributed by atoms with Gasteiger partial charge in [0.2, 0.25) is 0 Å². The van der Waals surface area contributed by atoms with Crippen LogP contribution in [-0.2, 0) is 14.6 Å². The molecular weight excluding hydrogens is 490 g/mol. The Morgan fingerprint density at radius 1 is 1.09 bits per heavy atom. The van der Waals surface area contributed by atoms with Gasteiger partial charge in [-0.1, -0.05) is 18.5 Å². The fraction of sp³-hybridized carbons (Fsp3) is 0.174. The molecule has 0 radical (unpaired) electrons. The molecule has 1 amide bonds. The number of sulfone groups is 1. The number of carbonyl (C=O) groups excluding carboxylic acids is 1. The zero-order valence-electron chi connectivity index (χ0n) is 17.7. The number of aromatic nitrogens is 1. The summed E-state index contributed by atoms with van der Waals surface area (Å²) >= 11 is 5.84. The van der Waals surface area contributed by atoms with Crippen molar-refractivity contribution in [1.29, 1.82) is 0 Å². The maximum Gasteiger partial charge on any atom is 0.326 e. The van der Waals surface area contributed by atoms with Gasteiger partial charge in [-0.15, -0.1) is 0 Å². The number of benzene rings is 2. The fourth-order valence-corrected chi connectivity index (χ4v) is 5.12. The van der Waals surface area contributed by atoms with E-state index in [1.807, 2.05) is 0 Å². The largest absolute Gasteiger partial charge is 0.480 e. The summed E-state index contributed by atoms with van der Waals surface area (Å²) in [4.78, 5) is 27.4. The molecule has 0 bridgehead atoms. The van der Waals surface area contributed by atoms with E-state index in [0.717, 1.165) is 24.4 Å². The Balaban J connectivity index is 2.07. The number of pyridine rings is 1. The first-order valence-electron chi connectivity index (χ1n) is 9.98. The van der Waals surface area contributed by atoms with Gasteiger partial charge in [0.15, 0.2) is 9.84 Å². The Hall–Kier alpha value is -3.37. The van der Waals surface area contributed by atoms with Crippen molar-refractivity contribution in [2.75, 3.05) is 0 Å². The highest BCUT2D eigenvalue weighted by Crippen LogP contribution is 2.36. The molecule has 1 heterocycles. The first-order chi connectivity index (χ1) is 16.0. The number of carboxylic acid groups (broad SMARTS) is 1. The molecule has 3 rings (SSSR count). The van der Waals surface area contributed by atoms with Crippen LogP contribution in [0, 0.1) is 11.6 Å². The molecule has 0 aliphatic rings. The zero-order chi connectivity index (χ0) is 25.0. The topological polar surface area (TPSA) is 113 Å². The Kier molecular flexibility index (Phi) is 7.63. The van der Waals surface area contributed by atoms with Crippen LogP contribution in [0.4, 0.5) is 8.78 Å². The lowest BCUT2D eigenvalue weighted by molar-refractivity contribution is -0.139. The van der Waals surface area contributed by atoms with Crippen LogP contribution >= 0.6 is 11.6 Å². The average Bonchev–Trinajstić information content (AvgIpc) is 2.80. The van der Waals surface area contributed by atoms with Crippen molar-refractivity contribution < 1.29 is 31.9 Å². The van der Waals surface area contributed by atoms with E-state index in [9.17, 15) is 26.8 Å². The molecule has 2 N–H and O–H groups in total. The van der Waals surface area contributed by atoms with Gasteiger partial charge in [0.1, 0.15) is 22.9 Å². The molecular formula is C23H19ClF2N2O5S. The molecule has 0 spiro atoms. The lowest BCUT2D eigenvalue weighted by Crippen LogP contribution is -2.40. The highest BCUT2D eigenvalue weighted by molar-refractivity contribution is 7.91. The molecule has 0 saturated carbocycles. The summed E-state index contributed by atoms with van der Waals surface area (Å²) in [6.07, 6.45) is 1.19. The van der Waals surface area contributed by atoms with Crippen molar-refractivity contribution in [3.63, 3.8) is 0 Å². The Labute approximate surface area is 199 Å². The first-order valence-corrected chi connectivity index (χ1v) is 11.9. The van der Waals surface area contributed by atoms with Gasteiger partial charge in [-0.25, -0.2) is 22.0 Å². The minimum atomic E-state index is -4.34. The Bertz CT molecular complexity index is 1320. The molecule has 2 atom stereocenters. The Morgan fingerprint density at radius 2 is 1.76 bits per heavy atom. The van der Waals surface area contributed by atoms with Gasteiger partial charge in [0.05, 0.1) is 16.2 Å². The minimum Gasteiger partial charge on any atom is -0.480 e. The SMILES string of the molecule is CCC(NC(=O)c1ccc(C(c2cc(F)ccc2F)S(=O)(=O)c2ccc(Cl)cc2)nc1)C(=O)O. The summed E-state index contributed by atoms with van der Waals surface area (Å²) < 4.78 is 55.6. The van der Waals surface area contributed by atoms with E-state index in [0.29, 0.717) is 0 Å². The van der Waals surface area contributed by atoms with Crippen molar-refractivity contribution in [3.8, 4) is 0 Å². The van der Waals surface area contributed by atoms with Gasteiger partial charge in [-0.05, 0) is 61.0 Å². The van der Waals surface area contributed by atoms with Crippen LogP contribution in [0.25, 0.3) is 0 Å². The van der Waals surface area contributed by atoms with Crippen LogP contribution in [0.2, 0.25) is 5.02 Å². The molecule has 0 saturated heterocycles. The van der Waals surface area contributed by atoms with Crippen LogP contribution in [-0.4, -0.2) is 36.4 Å². The van der Waals surface area contributed by atoms with Crippen molar-refractivity contribution in [3.05, 3.63) is 94.3 Å². The summed E-state index contributed by atoms with van der Waals surface area (Å²) in [6, 6.07) is 8.92. The van der Waals surface area contributed by atoms with E-state index in [1.165, 1.54) is 36.4 Å². The van der Waals surface area contributed by atoms with Gasteiger partial charge < -0.3 is 10.4 Å². The average molecular weight is 509 g/mol. The van der Waals surface area contributed by atoms with Crippen LogP contribution in [0.3, 0.4) is 0 Å². The number of amides is 1. The molecule has 7 nitrogen and oxygen atoms in total. The summed E-state index contributed by atoms with van der Waals surface area (Å²) in [5.74, 6) is -3.75. The molecule has 3 aromatic rings. The second-order valence-electron chi connectivity index (χ2n) is 7.29. The van der Waals surface area contributed by atoms with Crippen LogP contribution in [0.15, 0.2) is 65.7 Å². The van der Waals surface area contributed by atoms with Gasteiger partial charge in [-0.2, -0.15) is 0 Å². The third-order valence-corrected chi connectivity index (χ3v) is 7.32. The maximum atomic E-state index is 14.7. The highest BCUT2D eigenvalue weighted by atomic mass is 35.5. The summed E-state index contributed by atoms with van der Waals surface area (Å²) in [5, 5.41) is 9.98. The molecule has 1 aromatic heterocycles. The molecule has 178 valence electrons. The maximum absolute atomic E-state index is 14.7. The predicted molar refractivity (Wildman–Crippen MR) is 120 cm³/mol. The third-order valence-electron chi connectivity index (χ3n) is 5.02. The molecule has 2 unspecified atom stereocenters. The van der Waals surface area contributed by atoms with E-state index >= 15 is 0 Å². The number of hydrogen-bond acceptors (Lipinski definition) is 5. The number of nitrogens with zero attached hydrogens (tertiary/aromatic N) is 1. The molecule has 0 aliphatic carbocycles. The van der Waals surface area contributed by atoms with Crippen LogP contribution in [0.1, 0.15) is 40.2 Å². The van der Waals surface area contributed by atoms with Crippen LogP contribution < -0.4 is 5.32 Å². The smallest absolute Gasteiger partial charge is 0.326 e. The number of nitrogens with one attached hydrogen (secondary N) is 1. The van der Waals surface area contributed by atoms with E-state index in [-0.39, 0.29) is 27.6 Å². The third kappa shape index (κ3) is 5.40. The fourth-order valence-electron chi connectivity index (χ4n) is 3.24. The number of carboxylic acids is 1. The van der Waals surface area contributed by atoms with Crippen molar-refractivity contribution >= 4 is 33.3 Å². The monoisotopic (exact) mass is 508 g/mol. The quantitative estimate of drug-likeness (QED) is 0.472. The van der Waals surface area contributed by atoms with Crippen molar-refractivity contribution in [2.24, 2.45) is 0 Å². The molecule has 0 aliphatic heterocycles. The van der Waals surface area contributed by atoms with Crippen molar-refractivity contribution in [2.45, 2.75) is 29.5 Å². The zero-order valence-corrected chi connectivity index (χ0v) is 19.3. The predicted octanol–water partition coefficient (Wildman–Crippen LogP) is 4.17. The lowest BCUT2D eigenvalue weighted by atomic mass is 10.1. The van der Waals surface area contributed by atoms with E-state index < -0.39 is 50.2 Å². The minimum absolute atomic E-state index is 0.0363. The molecule has 34 heavy (non-hydrogen) atoms. The lowest BCUT2D eigenvalue weighted by Gasteiger charge is -2.19. The number of carbonyl (C=O) groups is 2. The van der Waals surface area contributed by atoms with Gasteiger partial charge in [0, 0.05) is 16.8 Å². The standard InChI is InChI=1S/C23H19ClF2N2O5S/c1-2-19(23(30)31)28-22(29)13-3-10-20(27-12-13)21(17-11-15(25)6-9-18(17)26)34(32,33)16-7-4-14(24)5-8-16/h3-12,19,21H,2H2,1H3,(H,28,29)(H,30,31). The van der Waals surface area contributed by atoms with Crippen LogP contribution in [0.5, 0.6) is 0 Å². The second kappa shape index (κ2) is 10.3. The Morgan fingerprint density at radius 3 is 2.32 bits per heavy atom. The molecule has 0 fully saturated rings. The van der Waals surface area contributed by atoms with Gasteiger partial charge >= 0.3 is 5.97 Å². The summed E-state index contributed by atoms with van der Waals surface area (Å²) in [6.45, 7) is 1.58. The normalized spacial score (nSPS) is 13.2.